The molecule has 1 aliphatic rings. The predicted octanol–water partition coefficient (Wildman–Crippen LogP) is 3.72. The molecule has 0 bridgehead atoms. The number of nitrogens with zero attached hydrogens (tertiary/aromatic N) is 1. The Bertz CT molecular complexity index is 967. The zero-order chi connectivity index (χ0) is 23.3. The fraction of sp³-hybridized carbons (Fsp3) is 0.440. The van der Waals surface area contributed by atoms with Gasteiger partial charge in [-0.15, -0.1) is 0 Å². The zero-order valence-corrected chi connectivity index (χ0v) is 19.4. The Balaban J connectivity index is 1.69. The second-order valence-corrected chi connectivity index (χ2v) is 8.83. The van der Waals surface area contributed by atoms with Crippen molar-refractivity contribution in [2.24, 2.45) is 0 Å². The van der Waals surface area contributed by atoms with E-state index in [4.69, 9.17) is 14.2 Å². The summed E-state index contributed by atoms with van der Waals surface area (Å²) in [5.41, 5.74) is 2.49. The van der Waals surface area contributed by atoms with E-state index in [-0.39, 0.29) is 5.91 Å². The van der Waals surface area contributed by atoms with Gasteiger partial charge < -0.3 is 19.5 Å². The van der Waals surface area contributed by atoms with Gasteiger partial charge in [0, 0.05) is 13.0 Å². The number of methoxy groups -OCH3 is 2. The summed E-state index contributed by atoms with van der Waals surface area (Å²) in [7, 11) is 3.19. The summed E-state index contributed by atoms with van der Waals surface area (Å²) in [4.78, 5) is 27.5. The van der Waals surface area contributed by atoms with E-state index in [0.717, 1.165) is 16.7 Å². The Morgan fingerprint density at radius 2 is 1.72 bits per heavy atom. The van der Waals surface area contributed by atoms with Gasteiger partial charge >= 0.3 is 6.09 Å². The third-order valence-electron chi connectivity index (χ3n) is 5.34. The summed E-state index contributed by atoms with van der Waals surface area (Å²) in [5, 5.41) is 2.98. The van der Waals surface area contributed by atoms with Gasteiger partial charge in [0.25, 0.3) is 0 Å². The fourth-order valence-corrected chi connectivity index (χ4v) is 3.75. The van der Waals surface area contributed by atoms with Gasteiger partial charge in [0.05, 0.1) is 20.8 Å². The average Bonchev–Trinajstić information content (AvgIpc) is 2.76. The number of carbonyl (C=O) groups is 2. The highest BCUT2D eigenvalue weighted by Crippen LogP contribution is 2.28. The molecule has 0 spiro atoms. The van der Waals surface area contributed by atoms with Crippen LogP contribution in [0.3, 0.4) is 0 Å². The molecule has 0 saturated heterocycles. The minimum atomic E-state index is -0.636. The van der Waals surface area contributed by atoms with Gasteiger partial charge in [-0.3, -0.25) is 9.69 Å². The van der Waals surface area contributed by atoms with E-state index in [1.165, 1.54) is 4.90 Å². The van der Waals surface area contributed by atoms with Crippen LogP contribution in [0.2, 0.25) is 0 Å². The maximum Gasteiger partial charge on any atom is 0.411 e. The van der Waals surface area contributed by atoms with E-state index in [1.54, 1.807) is 14.2 Å². The van der Waals surface area contributed by atoms with Crippen LogP contribution >= 0.6 is 0 Å². The molecule has 2 aromatic rings. The molecule has 3 rings (SSSR count). The Kier molecular flexibility index (Phi) is 7.28. The number of benzene rings is 2. The highest BCUT2D eigenvalue weighted by molar-refractivity contribution is 5.86. The lowest BCUT2D eigenvalue weighted by atomic mass is 9.93. The van der Waals surface area contributed by atoms with Crippen molar-refractivity contribution in [3.05, 3.63) is 59.2 Å². The molecule has 0 aromatic heterocycles. The molecule has 7 heteroatoms. The number of nitrogens with one attached hydrogen (secondary N) is 1. The normalized spacial score (nSPS) is 15.5. The quantitative estimate of drug-likeness (QED) is 0.741. The first-order valence-electron chi connectivity index (χ1n) is 10.8. The van der Waals surface area contributed by atoms with Crippen molar-refractivity contribution in [1.82, 2.24) is 10.2 Å². The third-order valence-corrected chi connectivity index (χ3v) is 5.34. The van der Waals surface area contributed by atoms with Crippen LogP contribution in [-0.2, 0) is 28.9 Å². The van der Waals surface area contributed by atoms with Crippen LogP contribution in [0.5, 0.6) is 11.5 Å². The number of amides is 2. The largest absolute Gasteiger partial charge is 0.493 e. The van der Waals surface area contributed by atoms with E-state index in [2.05, 4.69) is 5.32 Å². The molecule has 7 nitrogen and oxygen atoms in total. The topological polar surface area (TPSA) is 77.1 Å². The smallest absolute Gasteiger partial charge is 0.411 e. The lowest BCUT2D eigenvalue weighted by Crippen LogP contribution is -2.53. The first-order chi connectivity index (χ1) is 15.2. The highest BCUT2D eigenvalue weighted by atomic mass is 16.6. The van der Waals surface area contributed by atoms with E-state index < -0.39 is 17.7 Å². The van der Waals surface area contributed by atoms with Crippen LogP contribution in [0.4, 0.5) is 4.79 Å². The zero-order valence-electron chi connectivity index (χ0n) is 19.4. The van der Waals surface area contributed by atoms with Gasteiger partial charge in [0.15, 0.2) is 11.5 Å². The molecule has 0 aliphatic carbocycles. The molecule has 1 atom stereocenters. The Hall–Kier alpha value is -3.22. The van der Waals surface area contributed by atoms with Gasteiger partial charge in [-0.05, 0) is 56.0 Å². The molecule has 1 heterocycles. The first-order valence-corrected chi connectivity index (χ1v) is 10.8. The van der Waals surface area contributed by atoms with Crippen molar-refractivity contribution in [3.8, 4) is 11.5 Å². The van der Waals surface area contributed by atoms with Gasteiger partial charge in [-0.2, -0.15) is 0 Å². The number of hydrogen-bond acceptors (Lipinski definition) is 5. The summed E-state index contributed by atoms with van der Waals surface area (Å²) in [6.07, 6.45) is 0.603. The summed E-state index contributed by atoms with van der Waals surface area (Å²) in [5.74, 6) is 1.12. The van der Waals surface area contributed by atoms with Crippen LogP contribution in [0.1, 0.15) is 37.5 Å². The standard InChI is InChI=1S/C25H32N2O5/c1-25(2,3)32-24(29)27-16-19-9-7-6-8-18(19)15-20(27)23(28)26-13-12-17-10-11-21(30-4)22(14-17)31-5/h6-11,14,20H,12-13,15-16H2,1-5H3,(H,26,28). The molecule has 2 aromatic carbocycles. The number of fused-ring (bicyclic) bond motifs is 1. The molecular formula is C25H32N2O5. The molecule has 1 unspecified atom stereocenters. The second-order valence-electron chi connectivity index (χ2n) is 8.83. The molecule has 32 heavy (non-hydrogen) atoms. The first kappa shape index (κ1) is 23.4. The van der Waals surface area contributed by atoms with Gasteiger partial charge in [0.1, 0.15) is 11.6 Å². The molecule has 1 N–H and O–H groups in total. The van der Waals surface area contributed by atoms with Gasteiger partial charge in [-0.25, -0.2) is 4.79 Å². The van der Waals surface area contributed by atoms with E-state index in [9.17, 15) is 9.59 Å². The van der Waals surface area contributed by atoms with Crippen molar-refractivity contribution in [1.29, 1.82) is 0 Å². The molecule has 172 valence electrons. The molecule has 2 amide bonds. The lowest BCUT2D eigenvalue weighted by Gasteiger charge is -2.36. The highest BCUT2D eigenvalue weighted by Gasteiger charge is 2.36. The number of hydrogen-bond donors (Lipinski definition) is 1. The molecule has 1 aliphatic heterocycles. The molecule has 0 saturated carbocycles. The van der Waals surface area contributed by atoms with Crippen molar-refractivity contribution < 1.29 is 23.8 Å². The summed E-state index contributed by atoms with van der Waals surface area (Å²) in [6, 6.07) is 12.9. The molecular weight excluding hydrogens is 408 g/mol. The van der Waals surface area contributed by atoms with Crippen molar-refractivity contribution in [2.75, 3.05) is 20.8 Å². The van der Waals surface area contributed by atoms with Crippen LogP contribution in [0.25, 0.3) is 0 Å². The van der Waals surface area contributed by atoms with Crippen LogP contribution in [0, 0.1) is 0 Å². The fourth-order valence-electron chi connectivity index (χ4n) is 3.75. The average molecular weight is 441 g/mol. The lowest BCUT2D eigenvalue weighted by molar-refractivity contribution is -0.127. The minimum Gasteiger partial charge on any atom is -0.493 e. The monoisotopic (exact) mass is 440 g/mol. The maximum absolute atomic E-state index is 13.1. The minimum absolute atomic E-state index is 0.189. The van der Waals surface area contributed by atoms with Crippen molar-refractivity contribution in [2.45, 2.75) is 51.8 Å². The number of carbonyl (C=O) groups excluding carboxylic acids is 2. The van der Waals surface area contributed by atoms with Crippen molar-refractivity contribution >= 4 is 12.0 Å². The Labute approximate surface area is 189 Å². The summed E-state index contributed by atoms with van der Waals surface area (Å²) in [6.45, 7) is 6.25. The third kappa shape index (κ3) is 5.72. The van der Waals surface area contributed by atoms with Gasteiger partial charge in [0.2, 0.25) is 5.91 Å². The predicted molar refractivity (Wildman–Crippen MR) is 122 cm³/mol. The van der Waals surface area contributed by atoms with Gasteiger partial charge in [-0.1, -0.05) is 30.3 Å². The molecule has 0 fully saturated rings. The Morgan fingerprint density at radius 3 is 2.38 bits per heavy atom. The maximum atomic E-state index is 13.1. The van der Waals surface area contributed by atoms with Crippen LogP contribution in [0.15, 0.2) is 42.5 Å². The van der Waals surface area contributed by atoms with E-state index in [0.29, 0.717) is 37.4 Å². The number of ether oxygens (including phenoxy) is 3. The van der Waals surface area contributed by atoms with E-state index >= 15 is 0 Å². The SMILES string of the molecule is COc1ccc(CCNC(=O)C2Cc3ccccc3CN2C(=O)OC(C)(C)C)cc1OC. The van der Waals surface area contributed by atoms with Crippen LogP contribution < -0.4 is 14.8 Å². The second kappa shape index (κ2) is 9.94. The summed E-state index contributed by atoms with van der Waals surface area (Å²) < 4.78 is 16.2. The molecule has 0 radical (unpaired) electrons. The Morgan fingerprint density at radius 1 is 1.03 bits per heavy atom. The summed E-state index contributed by atoms with van der Waals surface area (Å²) >= 11 is 0. The van der Waals surface area contributed by atoms with E-state index in [1.807, 2.05) is 63.2 Å². The van der Waals surface area contributed by atoms with Crippen LogP contribution in [-0.4, -0.2) is 49.3 Å². The number of rotatable bonds is 6. The van der Waals surface area contributed by atoms with Crippen molar-refractivity contribution in [3.63, 3.8) is 0 Å².